The van der Waals surface area contributed by atoms with E-state index in [0.717, 1.165) is 5.57 Å². The summed E-state index contributed by atoms with van der Waals surface area (Å²) in [4.78, 5) is 12.6. The van der Waals surface area contributed by atoms with Gasteiger partial charge in [0.1, 0.15) is 18.1 Å². The number of methoxy groups -OCH3 is 1. The lowest BCUT2D eigenvalue weighted by molar-refractivity contribution is 0.103. The molecular formula is C18H18O3. The van der Waals surface area contributed by atoms with E-state index in [-0.39, 0.29) is 5.78 Å². The summed E-state index contributed by atoms with van der Waals surface area (Å²) in [5, 5.41) is 0. The topological polar surface area (TPSA) is 35.5 Å². The van der Waals surface area contributed by atoms with E-state index in [0.29, 0.717) is 29.2 Å². The molecule has 0 aliphatic rings. The average Bonchev–Trinajstić information content (AvgIpc) is 2.52. The van der Waals surface area contributed by atoms with E-state index in [1.165, 1.54) is 0 Å². The summed E-state index contributed by atoms with van der Waals surface area (Å²) < 4.78 is 10.9. The van der Waals surface area contributed by atoms with Gasteiger partial charge in [0.2, 0.25) is 0 Å². The van der Waals surface area contributed by atoms with Gasteiger partial charge in [-0.15, -0.1) is 0 Å². The number of ketones is 1. The molecule has 0 radical (unpaired) electrons. The Hall–Kier alpha value is -2.55. The molecule has 0 bridgehead atoms. The average molecular weight is 282 g/mol. The van der Waals surface area contributed by atoms with Crippen molar-refractivity contribution in [1.29, 1.82) is 0 Å². The molecule has 2 aromatic carbocycles. The minimum Gasteiger partial charge on any atom is -0.497 e. The molecule has 0 spiro atoms. The van der Waals surface area contributed by atoms with Crippen LogP contribution in [0.1, 0.15) is 22.8 Å². The Bertz CT molecular complexity index is 645. The Morgan fingerprint density at radius 2 is 1.86 bits per heavy atom. The van der Waals surface area contributed by atoms with E-state index < -0.39 is 0 Å². The van der Waals surface area contributed by atoms with Crippen molar-refractivity contribution in [3.63, 3.8) is 0 Å². The quantitative estimate of drug-likeness (QED) is 0.596. The Morgan fingerprint density at radius 3 is 2.48 bits per heavy atom. The molecule has 0 aliphatic carbocycles. The van der Waals surface area contributed by atoms with Crippen molar-refractivity contribution in [3.8, 4) is 11.5 Å². The number of carbonyl (C=O) groups is 1. The lowest BCUT2D eigenvalue weighted by atomic mass is 10.0. The number of rotatable bonds is 6. The van der Waals surface area contributed by atoms with Crippen molar-refractivity contribution >= 4 is 5.78 Å². The van der Waals surface area contributed by atoms with Gasteiger partial charge in [-0.2, -0.15) is 0 Å². The summed E-state index contributed by atoms with van der Waals surface area (Å²) in [6.45, 7) is 6.04. The second kappa shape index (κ2) is 6.75. The van der Waals surface area contributed by atoms with Crippen LogP contribution in [0.5, 0.6) is 11.5 Å². The van der Waals surface area contributed by atoms with Gasteiger partial charge in [0.05, 0.1) is 12.7 Å². The van der Waals surface area contributed by atoms with E-state index in [4.69, 9.17) is 9.47 Å². The maximum atomic E-state index is 12.6. The summed E-state index contributed by atoms with van der Waals surface area (Å²) in [6, 6.07) is 14.3. The van der Waals surface area contributed by atoms with E-state index >= 15 is 0 Å². The van der Waals surface area contributed by atoms with Crippen LogP contribution >= 0.6 is 0 Å². The molecule has 0 N–H and O–H groups in total. The zero-order valence-electron chi connectivity index (χ0n) is 12.3. The Morgan fingerprint density at radius 1 is 1.14 bits per heavy atom. The molecule has 0 aromatic heterocycles. The molecule has 21 heavy (non-hydrogen) atoms. The van der Waals surface area contributed by atoms with Gasteiger partial charge in [-0.1, -0.05) is 36.9 Å². The molecule has 0 aliphatic heterocycles. The van der Waals surface area contributed by atoms with Gasteiger partial charge in [-0.3, -0.25) is 4.79 Å². The number of hydrogen-bond acceptors (Lipinski definition) is 3. The molecule has 2 aromatic rings. The van der Waals surface area contributed by atoms with E-state index in [9.17, 15) is 4.79 Å². The SMILES string of the molecule is C=C(C)COc1cc(OC)ccc1C(=O)c1ccccc1. The van der Waals surface area contributed by atoms with Crippen molar-refractivity contribution in [2.24, 2.45) is 0 Å². The highest BCUT2D eigenvalue weighted by Gasteiger charge is 2.15. The molecule has 0 saturated carbocycles. The fourth-order valence-corrected chi connectivity index (χ4v) is 1.88. The third-order valence-corrected chi connectivity index (χ3v) is 2.94. The third-order valence-electron chi connectivity index (χ3n) is 2.94. The summed E-state index contributed by atoms with van der Waals surface area (Å²) in [6.07, 6.45) is 0. The van der Waals surface area contributed by atoms with Crippen LogP contribution in [0, 0.1) is 0 Å². The summed E-state index contributed by atoms with van der Waals surface area (Å²) in [7, 11) is 1.58. The summed E-state index contributed by atoms with van der Waals surface area (Å²) in [5.74, 6) is 1.08. The first-order chi connectivity index (χ1) is 10.1. The monoisotopic (exact) mass is 282 g/mol. The van der Waals surface area contributed by atoms with Crippen LogP contribution in [0.15, 0.2) is 60.7 Å². The first-order valence-corrected chi connectivity index (χ1v) is 6.67. The standard InChI is InChI=1S/C18H18O3/c1-13(2)12-21-17-11-15(20-3)9-10-16(17)18(19)14-7-5-4-6-8-14/h4-11H,1,12H2,2-3H3. The molecule has 108 valence electrons. The van der Waals surface area contributed by atoms with Crippen LogP contribution in [-0.2, 0) is 0 Å². The van der Waals surface area contributed by atoms with Crippen LogP contribution in [0.3, 0.4) is 0 Å². The normalized spacial score (nSPS) is 10.0. The molecule has 3 heteroatoms. The fourth-order valence-electron chi connectivity index (χ4n) is 1.88. The van der Waals surface area contributed by atoms with Gasteiger partial charge < -0.3 is 9.47 Å². The summed E-state index contributed by atoms with van der Waals surface area (Å²) in [5.41, 5.74) is 2.03. The molecule has 0 heterocycles. The van der Waals surface area contributed by atoms with Crippen molar-refractivity contribution in [3.05, 3.63) is 71.8 Å². The number of hydrogen-bond donors (Lipinski definition) is 0. The second-order valence-corrected chi connectivity index (χ2v) is 4.80. The zero-order chi connectivity index (χ0) is 15.2. The van der Waals surface area contributed by atoms with Gasteiger partial charge in [-0.05, 0) is 24.6 Å². The predicted molar refractivity (Wildman–Crippen MR) is 83.2 cm³/mol. The van der Waals surface area contributed by atoms with Gasteiger partial charge >= 0.3 is 0 Å². The highest BCUT2D eigenvalue weighted by molar-refractivity contribution is 6.10. The minimum atomic E-state index is -0.0741. The smallest absolute Gasteiger partial charge is 0.196 e. The van der Waals surface area contributed by atoms with E-state index in [2.05, 4.69) is 6.58 Å². The molecule has 0 amide bonds. The first-order valence-electron chi connectivity index (χ1n) is 6.67. The van der Waals surface area contributed by atoms with Crippen molar-refractivity contribution < 1.29 is 14.3 Å². The second-order valence-electron chi connectivity index (χ2n) is 4.80. The number of benzene rings is 2. The zero-order valence-corrected chi connectivity index (χ0v) is 12.3. The van der Waals surface area contributed by atoms with Crippen LogP contribution in [-0.4, -0.2) is 19.5 Å². The fraction of sp³-hybridized carbons (Fsp3) is 0.167. The molecule has 2 rings (SSSR count). The van der Waals surface area contributed by atoms with Crippen LogP contribution in [0.25, 0.3) is 0 Å². The van der Waals surface area contributed by atoms with Gasteiger partial charge in [-0.25, -0.2) is 0 Å². The third kappa shape index (κ3) is 3.72. The van der Waals surface area contributed by atoms with Crippen LogP contribution in [0.2, 0.25) is 0 Å². The molecule has 0 fully saturated rings. The van der Waals surface area contributed by atoms with Crippen molar-refractivity contribution in [2.45, 2.75) is 6.92 Å². The molecule has 0 saturated heterocycles. The number of ether oxygens (including phenoxy) is 2. The number of carbonyl (C=O) groups excluding carboxylic acids is 1. The van der Waals surface area contributed by atoms with Crippen LogP contribution in [0.4, 0.5) is 0 Å². The largest absolute Gasteiger partial charge is 0.497 e. The van der Waals surface area contributed by atoms with E-state index in [1.807, 2.05) is 25.1 Å². The maximum Gasteiger partial charge on any atom is 0.196 e. The minimum absolute atomic E-state index is 0.0741. The molecule has 3 nitrogen and oxygen atoms in total. The Kier molecular flexibility index (Phi) is 4.77. The maximum absolute atomic E-state index is 12.6. The van der Waals surface area contributed by atoms with Gasteiger partial charge in [0.25, 0.3) is 0 Å². The Labute approximate surface area is 124 Å². The van der Waals surface area contributed by atoms with E-state index in [1.54, 1.807) is 37.4 Å². The summed E-state index contributed by atoms with van der Waals surface area (Å²) >= 11 is 0. The molecule has 0 unspecified atom stereocenters. The molecule has 0 atom stereocenters. The molecular weight excluding hydrogens is 264 g/mol. The predicted octanol–water partition coefficient (Wildman–Crippen LogP) is 3.88. The van der Waals surface area contributed by atoms with Gasteiger partial charge in [0, 0.05) is 11.6 Å². The highest BCUT2D eigenvalue weighted by Crippen LogP contribution is 2.27. The highest BCUT2D eigenvalue weighted by atomic mass is 16.5. The first kappa shape index (κ1) is 14.9. The van der Waals surface area contributed by atoms with Crippen molar-refractivity contribution in [1.82, 2.24) is 0 Å². The lowest BCUT2D eigenvalue weighted by Gasteiger charge is -2.12. The van der Waals surface area contributed by atoms with Gasteiger partial charge in [0.15, 0.2) is 5.78 Å². The Balaban J connectivity index is 2.37. The van der Waals surface area contributed by atoms with Crippen molar-refractivity contribution in [2.75, 3.05) is 13.7 Å². The van der Waals surface area contributed by atoms with Crippen LogP contribution < -0.4 is 9.47 Å². The lowest BCUT2D eigenvalue weighted by Crippen LogP contribution is -2.07.